The van der Waals surface area contributed by atoms with Gasteiger partial charge < -0.3 is 11.1 Å². The van der Waals surface area contributed by atoms with Crippen LogP contribution in [0.1, 0.15) is 21.6 Å². The highest BCUT2D eigenvalue weighted by atomic mass is 16.1. The maximum Gasteiger partial charge on any atom is 0.275 e. The van der Waals surface area contributed by atoms with Gasteiger partial charge in [0.2, 0.25) is 0 Å². The van der Waals surface area contributed by atoms with E-state index in [4.69, 9.17) is 5.73 Å². The normalized spacial score (nSPS) is 9.50. The Kier molecular flexibility index (Phi) is 4.43. The number of carbonyl (C=O) groups is 1. The van der Waals surface area contributed by atoms with Crippen molar-refractivity contribution in [2.24, 2.45) is 5.73 Å². The molecule has 0 saturated heterocycles. The minimum atomic E-state index is -0.322. The molecule has 1 heterocycles. The summed E-state index contributed by atoms with van der Waals surface area (Å²) < 4.78 is 0. The third-order valence-electron chi connectivity index (χ3n) is 2.54. The van der Waals surface area contributed by atoms with Gasteiger partial charge >= 0.3 is 0 Å². The van der Waals surface area contributed by atoms with Gasteiger partial charge in [0, 0.05) is 18.0 Å². The molecule has 0 aliphatic carbocycles. The van der Waals surface area contributed by atoms with Crippen LogP contribution in [-0.4, -0.2) is 22.4 Å². The molecule has 0 atom stereocenters. The van der Waals surface area contributed by atoms with Crippen molar-refractivity contribution in [3.8, 4) is 11.8 Å². The van der Waals surface area contributed by atoms with Crippen molar-refractivity contribution < 1.29 is 4.79 Å². The molecule has 0 aliphatic rings. The smallest absolute Gasteiger partial charge is 0.275 e. The second kappa shape index (κ2) is 6.45. The van der Waals surface area contributed by atoms with Crippen molar-refractivity contribution in [1.29, 1.82) is 0 Å². The molecular formula is C15H14N4O. The van der Waals surface area contributed by atoms with E-state index in [1.54, 1.807) is 0 Å². The molecule has 3 N–H and O–H groups in total. The number of rotatable bonds is 2. The third kappa shape index (κ3) is 3.40. The van der Waals surface area contributed by atoms with Gasteiger partial charge in [-0.3, -0.25) is 9.78 Å². The SMILES string of the molecule is Cc1ccc(NC(=O)c2cnccn2)c(C#CCN)c1. The Morgan fingerprint density at radius 2 is 2.25 bits per heavy atom. The molecule has 0 unspecified atom stereocenters. The zero-order valence-corrected chi connectivity index (χ0v) is 11.1. The summed E-state index contributed by atoms with van der Waals surface area (Å²) in [6.45, 7) is 2.23. The quantitative estimate of drug-likeness (QED) is 0.804. The maximum atomic E-state index is 12.0. The first-order valence-electron chi connectivity index (χ1n) is 6.07. The molecule has 1 amide bonds. The van der Waals surface area contributed by atoms with Crippen LogP contribution in [0.25, 0.3) is 0 Å². The lowest BCUT2D eigenvalue weighted by Gasteiger charge is -2.07. The average Bonchev–Trinajstić information content (AvgIpc) is 2.48. The number of nitrogens with one attached hydrogen (secondary N) is 1. The highest BCUT2D eigenvalue weighted by molar-refractivity contribution is 6.03. The zero-order chi connectivity index (χ0) is 14.4. The van der Waals surface area contributed by atoms with Gasteiger partial charge in [0.1, 0.15) is 5.69 Å². The van der Waals surface area contributed by atoms with Gasteiger partial charge in [-0.2, -0.15) is 0 Å². The van der Waals surface area contributed by atoms with E-state index in [0.717, 1.165) is 11.1 Å². The Hall–Kier alpha value is -2.71. The number of anilines is 1. The first-order chi connectivity index (χ1) is 9.70. The fraction of sp³-hybridized carbons (Fsp3) is 0.133. The van der Waals surface area contributed by atoms with Gasteiger partial charge in [0.15, 0.2) is 0 Å². The number of nitrogens with zero attached hydrogens (tertiary/aromatic N) is 2. The summed E-state index contributed by atoms with van der Waals surface area (Å²) in [7, 11) is 0. The lowest BCUT2D eigenvalue weighted by atomic mass is 10.1. The van der Waals surface area contributed by atoms with Gasteiger partial charge in [0.05, 0.1) is 18.4 Å². The topological polar surface area (TPSA) is 80.9 Å². The average molecular weight is 266 g/mol. The molecule has 0 radical (unpaired) electrons. The molecule has 0 fully saturated rings. The number of benzene rings is 1. The molecule has 0 aliphatic heterocycles. The molecule has 2 rings (SSSR count). The maximum absolute atomic E-state index is 12.0. The largest absolute Gasteiger partial charge is 0.320 e. The molecule has 0 saturated carbocycles. The van der Waals surface area contributed by atoms with Crippen molar-refractivity contribution in [1.82, 2.24) is 9.97 Å². The van der Waals surface area contributed by atoms with Crippen LogP contribution in [0, 0.1) is 18.8 Å². The Bertz CT molecular complexity index is 671. The molecule has 20 heavy (non-hydrogen) atoms. The van der Waals surface area contributed by atoms with Crippen LogP contribution in [0.5, 0.6) is 0 Å². The summed E-state index contributed by atoms with van der Waals surface area (Å²) in [6, 6.07) is 5.61. The number of amides is 1. The molecule has 0 bridgehead atoms. The third-order valence-corrected chi connectivity index (χ3v) is 2.54. The van der Waals surface area contributed by atoms with Crippen LogP contribution in [0.3, 0.4) is 0 Å². The number of nitrogens with two attached hydrogens (primary N) is 1. The Morgan fingerprint density at radius 3 is 2.95 bits per heavy atom. The summed E-state index contributed by atoms with van der Waals surface area (Å²) in [6.07, 6.45) is 4.40. The number of carbonyl (C=O) groups excluding carboxylic acids is 1. The van der Waals surface area contributed by atoms with E-state index in [0.29, 0.717) is 5.69 Å². The molecule has 0 spiro atoms. The predicted molar refractivity (Wildman–Crippen MR) is 77.1 cm³/mol. The Morgan fingerprint density at radius 1 is 1.40 bits per heavy atom. The molecule has 2 aromatic rings. The summed E-state index contributed by atoms with van der Waals surface area (Å²) in [5, 5.41) is 2.78. The fourth-order valence-corrected chi connectivity index (χ4v) is 1.62. The predicted octanol–water partition coefficient (Wildman–Crippen LogP) is 1.35. The van der Waals surface area contributed by atoms with Crippen LogP contribution in [0.15, 0.2) is 36.8 Å². The number of hydrogen-bond acceptors (Lipinski definition) is 4. The molecule has 5 nitrogen and oxygen atoms in total. The van der Waals surface area contributed by atoms with Gasteiger partial charge in [-0.15, -0.1) is 0 Å². The standard InChI is InChI=1S/C15H14N4O/c1-11-4-5-13(12(9-11)3-2-6-16)19-15(20)14-10-17-7-8-18-14/h4-5,7-10H,6,16H2,1H3,(H,19,20). The van der Waals surface area contributed by atoms with Gasteiger partial charge in [0.25, 0.3) is 5.91 Å². The number of aromatic nitrogens is 2. The summed E-state index contributed by atoms with van der Waals surface area (Å²) in [5.74, 6) is 5.41. The minimum absolute atomic E-state index is 0.255. The van der Waals surface area contributed by atoms with Crippen molar-refractivity contribution in [2.75, 3.05) is 11.9 Å². The fourth-order valence-electron chi connectivity index (χ4n) is 1.62. The molecular weight excluding hydrogens is 252 g/mol. The van der Waals surface area contributed by atoms with Crippen LogP contribution in [0.2, 0.25) is 0 Å². The van der Waals surface area contributed by atoms with Crippen molar-refractivity contribution in [2.45, 2.75) is 6.92 Å². The van der Waals surface area contributed by atoms with Gasteiger partial charge in [-0.25, -0.2) is 4.98 Å². The second-order valence-electron chi connectivity index (χ2n) is 4.10. The van der Waals surface area contributed by atoms with Crippen molar-refractivity contribution >= 4 is 11.6 Å². The highest BCUT2D eigenvalue weighted by Crippen LogP contribution is 2.17. The van der Waals surface area contributed by atoms with Crippen LogP contribution in [-0.2, 0) is 0 Å². The van der Waals surface area contributed by atoms with E-state index in [-0.39, 0.29) is 18.1 Å². The van der Waals surface area contributed by atoms with E-state index in [1.807, 2.05) is 25.1 Å². The highest BCUT2D eigenvalue weighted by Gasteiger charge is 2.09. The van der Waals surface area contributed by atoms with Gasteiger partial charge in [-0.05, 0) is 24.6 Å². The van der Waals surface area contributed by atoms with Crippen LogP contribution >= 0.6 is 0 Å². The minimum Gasteiger partial charge on any atom is -0.320 e. The van der Waals surface area contributed by atoms with Gasteiger partial charge in [-0.1, -0.05) is 17.9 Å². The van der Waals surface area contributed by atoms with E-state index in [1.165, 1.54) is 18.6 Å². The summed E-state index contributed by atoms with van der Waals surface area (Å²) in [5.41, 5.74) is 8.05. The first-order valence-corrected chi connectivity index (χ1v) is 6.07. The monoisotopic (exact) mass is 266 g/mol. The van der Waals surface area contributed by atoms with E-state index < -0.39 is 0 Å². The Balaban J connectivity index is 2.27. The van der Waals surface area contributed by atoms with Crippen molar-refractivity contribution in [3.63, 3.8) is 0 Å². The first kappa shape index (κ1) is 13.7. The lowest BCUT2D eigenvalue weighted by Crippen LogP contribution is -2.14. The summed E-state index contributed by atoms with van der Waals surface area (Å²) >= 11 is 0. The Labute approximate surface area is 117 Å². The molecule has 5 heteroatoms. The second-order valence-corrected chi connectivity index (χ2v) is 4.10. The van der Waals surface area contributed by atoms with Crippen molar-refractivity contribution in [3.05, 3.63) is 53.6 Å². The van der Waals surface area contributed by atoms with E-state index in [9.17, 15) is 4.79 Å². The van der Waals surface area contributed by atoms with Crippen LogP contribution in [0.4, 0.5) is 5.69 Å². The summed E-state index contributed by atoms with van der Waals surface area (Å²) in [4.78, 5) is 19.9. The lowest BCUT2D eigenvalue weighted by molar-refractivity contribution is 0.102. The molecule has 1 aromatic heterocycles. The zero-order valence-electron chi connectivity index (χ0n) is 11.1. The number of aryl methyl sites for hydroxylation is 1. The number of hydrogen-bond donors (Lipinski definition) is 2. The molecule has 1 aromatic carbocycles. The van der Waals surface area contributed by atoms with E-state index >= 15 is 0 Å². The molecule has 100 valence electrons. The van der Waals surface area contributed by atoms with E-state index in [2.05, 4.69) is 27.1 Å². The van der Waals surface area contributed by atoms with Crippen LogP contribution < -0.4 is 11.1 Å².